The molecule has 1 atom stereocenters. The predicted molar refractivity (Wildman–Crippen MR) is 92.7 cm³/mol. The first-order valence-electron chi connectivity index (χ1n) is 7.45. The molecule has 0 spiro atoms. The number of alkyl halides is 3. The highest BCUT2D eigenvalue weighted by Gasteiger charge is 2.32. The van der Waals surface area contributed by atoms with E-state index in [-0.39, 0.29) is 0 Å². The lowest BCUT2D eigenvalue weighted by molar-refractivity contribution is -0.137. The summed E-state index contributed by atoms with van der Waals surface area (Å²) in [7, 11) is 0. The Balaban J connectivity index is 1.74. The van der Waals surface area contributed by atoms with Crippen molar-refractivity contribution in [1.29, 1.82) is 0 Å². The highest BCUT2D eigenvalue weighted by Crippen LogP contribution is 2.39. The second-order valence-corrected chi connectivity index (χ2v) is 6.51. The first kappa shape index (κ1) is 16.0. The lowest BCUT2D eigenvalue weighted by Crippen LogP contribution is -2.35. The molecule has 0 bridgehead atoms. The summed E-state index contributed by atoms with van der Waals surface area (Å²) in [6.45, 7) is 0. The second-order valence-electron chi connectivity index (χ2n) is 5.52. The molecule has 1 aliphatic rings. The molecule has 0 radical (unpaired) electrons. The minimum absolute atomic E-state index is 0.416. The van der Waals surface area contributed by atoms with Crippen molar-refractivity contribution in [3.05, 3.63) is 71.5 Å². The van der Waals surface area contributed by atoms with Gasteiger partial charge in [0.1, 0.15) is 11.1 Å². The summed E-state index contributed by atoms with van der Waals surface area (Å²) in [5.41, 5.74) is 8.08. The third-order valence-electron chi connectivity index (χ3n) is 3.99. The number of anilines is 1. The van der Waals surface area contributed by atoms with Crippen LogP contribution in [0.5, 0.6) is 0 Å². The van der Waals surface area contributed by atoms with E-state index in [4.69, 9.17) is 5.73 Å². The van der Waals surface area contributed by atoms with Crippen LogP contribution < -0.4 is 10.6 Å². The van der Waals surface area contributed by atoms with E-state index in [1.807, 2.05) is 34.2 Å². The first-order valence-corrected chi connectivity index (χ1v) is 8.39. The first-order chi connectivity index (χ1) is 11.9. The molecule has 0 amide bonds. The Kier molecular flexibility index (Phi) is 3.73. The summed E-state index contributed by atoms with van der Waals surface area (Å²) in [5, 5.41) is 1.90. The highest BCUT2D eigenvalue weighted by atomic mass is 32.2. The molecular weight excluding hydrogens is 349 g/mol. The fourth-order valence-corrected chi connectivity index (χ4v) is 3.65. The van der Waals surface area contributed by atoms with Crippen LogP contribution >= 0.6 is 11.8 Å². The van der Waals surface area contributed by atoms with Gasteiger partial charge >= 0.3 is 6.18 Å². The number of aromatic nitrogens is 2. The Morgan fingerprint density at radius 3 is 2.56 bits per heavy atom. The van der Waals surface area contributed by atoms with Crippen LogP contribution in [0, 0.1) is 0 Å². The fourth-order valence-electron chi connectivity index (χ4n) is 2.79. The third kappa shape index (κ3) is 2.77. The van der Waals surface area contributed by atoms with Crippen molar-refractivity contribution in [3.63, 3.8) is 0 Å². The molecular formula is C17H13F3N4S. The molecule has 4 rings (SSSR count). The lowest BCUT2D eigenvalue weighted by atomic mass is 10.1. The maximum atomic E-state index is 12.8. The van der Waals surface area contributed by atoms with Crippen LogP contribution in [-0.2, 0) is 6.18 Å². The molecule has 2 aromatic heterocycles. The minimum atomic E-state index is -4.36. The highest BCUT2D eigenvalue weighted by molar-refractivity contribution is 8.03. The van der Waals surface area contributed by atoms with Crippen molar-refractivity contribution in [2.75, 3.05) is 4.90 Å². The van der Waals surface area contributed by atoms with Crippen molar-refractivity contribution in [1.82, 2.24) is 9.38 Å². The molecule has 128 valence electrons. The van der Waals surface area contributed by atoms with Crippen molar-refractivity contribution in [2.24, 2.45) is 5.73 Å². The van der Waals surface area contributed by atoms with Gasteiger partial charge in [-0.1, -0.05) is 17.8 Å². The molecule has 0 saturated heterocycles. The quantitative estimate of drug-likeness (QED) is 0.744. The summed E-state index contributed by atoms with van der Waals surface area (Å²) in [6.07, 6.45) is -0.741. The van der Waals surface area contributed by atoms with Crippen LogP contribution in [-0.4, -0.2) is 14.9 Å². The van der Waals surface area contributed by atoms with E-state index < -0.39 is 17.2 Å². The van der Waals surface area contributed by atoms with Crippen LogP contribution in [0.3, 0.4) is 0 Å². The molecule has 1 unspecified atom stereocenters. The number of halogens is 3. The van der Waals surface area contributed by atoms with Crippen molar-refractivity contribution < 1.29 is 13.2 Å². The van der Waals surface area contributed by atoms with Gasteiger partial charge in [-0.25, -0.2) is 4.98 Å². The van der Waals surface area contributed by atoms with Crippen LogP contribution in [0.4, 0.5) is 18.9 Å². The van der Waals surface area contributed by atoms with Gasteiger partial charge in [-0.2, -0.15) is 13.2 Å². The molecule has 0 fully saturated rings. The Hall–Kier alpha value is -2.45. The predicted octanol–water partition coefficient (Wildman–Crippen LogP) is 4.15. The molecule has 8 heteroatoms. The zero-order chi connectivity index (χ0) is 17.6. The molecule has 4 nitrogen and oxygen atoms in total. The number of nitrogens with two attached hydrogens (primary N) is 1. The second kappa shape index (κ2) is 5.82. The SMILES string of the molecule is NC1SC=C(c2cnc3ccccn23)N1c1ccc(C(F)(F)F)cc1. The molecule has 3 aromatic rings. The average Bonchev–Trinajstić information content (AvgIpc) is 3.17. The van der Waals surface area contributed by atoms with Gasteiger partial charge in [-0.3, -0.25) is 4.40 Å². The van der Waals surface area contributed by atoms with Gasteiger partial charge in [-0.15, -0.1) is 0 Å². The monoisotopic (exact) mass is 362 g/mol. The summed E-state index contributed by atoms with van der Waals surface area (Å²) in [6, 6.07) is 10.7. The Labute approximate surface area is 145 Å². The fraction of sp³-hybridized carbons (Fsp3) is 0.118. The zero-order valence-electron chi connectivity index (χ0n) is 12.8. The molecule has 1 aromatic carbocycles. The normalized spacial score (nSPS) is 18.0. The van der Waals surface area contributed by atoms with Crippen LogP contribution in [0.2, 0.25) is 0 Å². The Morgan fingerprint density at radius 1 is 1.08 bits per heavy atom. The van der Waals surface area contributed by atoms with E-state index in [0.29, 0.717) is 5.69 Å². The van der Waals surface area contributed by atoms with Gasteiger partial charge < -0.3 is 10.6 Å². The minimum Gasteiger partial charge on any atom is -0.314 e. The van der Waals surface area contributed by atoms with Crippen molar-refractivity contribution in [2.45, 2.75) is 11.7 Å². The summed E-state index contributed by atoms with van der Waals surface area (Å²) in [4.78, 5) is 6.17. The number of hydrogen-bond donors (Lipinski definition) is 1. The van der Waals surface area contributed by atoms with Crippen molar-refractivity contribution >= 4 is 28.8 Å². The maximum absolute atomic E-state index is 12.8. The van der Waals surface area contributed by atoms with E-state index in [2.05, 4.69) is 4.98 Å². The number of fused-ring (bicyclic) bond motifs is 1. The standard InChI is InChI=1S/C17H13F3N4S/c18-17(19,20)11-4-6-12(7-5-11)24-14(10-25-16(24)21)13-9-22-15-3-1-2-8-23(13)15/h1-10,16H,21H2. The molecule has 0 aliphatic carbocycles. The molecule has 3 heterocycles. The number of nitrogens with zero attached hydrogens (tertiary/aromatic N) is 3. The van der Waals surface area contributed by atoms with Gasteiger partial charge in [0.25, 0.3) is 0 Å². The number of hydrogen-bond acceptors (Lipinski definition) is 4. The number of pyridine rings is 1. The number of rotatable bonds is 2. The van der Waals surface area contributed by atoms with Gasteiger partial charge in [0.05, 0.1) is 23.2 Å². The van der Waals surface area contributed by atoms with E-state index in [1.54, 1.807) is 11.1 Å². The zero-order valence-corrected chi connectivity index (χ0v) is 13.6. The third-order valence-corrected chi connectivity index (χ3v) is 4.83. The van der Waals surface area contributed by atoms with Gasteiger partial charge in [0.15, 0.2) is 0 Å². The smallest absolute Gasteiger partial charge is 0.314 e. The number of imidazole rings is 1. The van der Waals surface area contributed by atoms with Crippen LogP contribution in [0.1, 0.15) is 11.3 Å². The Morgan fingerprint density at radius 2 is 1.84 bits per heavy atom. The molecule has 0 saturated carbocycles. The van der Waals surface area contributed by atoms with Gasteiger partial charge in [-0.05, 0) is 36.4 Å². The molecule has 1 aliphatic heterocycles. The van der Waals surface area contributed by atoms with E-state index in [9.17, 15) is 13.2 Å². The average molecular weight is 362 g/mol. The Bertz CT molecular complexity index is 946. The van der Waals surface area contributed by atoms with Gasteiger partial charge in [0, 0.05) is 17.3 Å². The number of benzene rings is 1. The maximum Gasteiger partial charge on any atom is 0.416 e. The summed E-state index contributed by atoms with van der Waals surface area (Å²) < 4.78 is 40.3. The molecule has 2 N–H and O–H groups in total. The largest absolute Gasteiger partial charge is 0.416 e. The molecule has 25 heavy (non-hydrogen) atoms. The number of thioether (sulfide) groups is 1. The van der Waals surface area contributed by atoms with E-state index >= 15 is 0 Å². The van der Waals surface area contributed by atoms with Crippen LogP contribution in [0.15, 0.2) is 60.3 Å². The van der Waals surface area contributed by atoms with Gasteiger partial charge in [0.2, 0.25) is 0 Å². The van der Waals surface area contributed by atoms with Crippen molar-refractivity contribution in [3.8, 4) is 0 Å². The van der Waals surface area contributed by atoms with Crippen LogP contribution in [0.25, 0.3) is 11.3 Å². The van der Waals surface area contributed by atoms with E-state index in [0.717, 1.165) is 29.2 Å². The van der Waals surface area contributed by atoms with E-state index in [1.165, 1.54) is 23.9 Å². The lowest BCUT2D eigenvalue weighted by Gasteiger charge is -2.26. The summed E-state index contributed by atoms with van der Waals surface area (Å²) in [5.74, 6) is 0. The topological polar surface area (TPSA) is 46.6 Å². The summed E-state index contributed by atoms with van der Waals surface area (Å²) >= 11 is 1.40.